The number of carbonyl (C=O) groups is 1. The number of carboxylic acid groups (broad SMARTS) is 1. The summed E-state index contributed by atoms with van der Waals surface area (Å²) in [6.45, 7) is 1.82. The largest absolute Gasteiger partial charge is 0.480 e. The second kappa shape index (κ2) is 5.33. The zero-order chi connectivity index (χ0) is 10.6. The highest BCUT2D eigenvalue weighted by Gasteiger charge is 2.15. The van der Waals surface area contributed by atoms with Crippen LogP contribution in [-0.2, 0) is 4.79 Å². The molecule has 14 heavy (non-hydrogen) atoms. The van der Waals surface area contributed by atoms with Crippen molar-refractivity contribution in [1.29, 1.82) is 0 Å². The fourth-order valence-corrected chi connectivity index (χ4v) is 1.92. The summed E-state index contributed by atoms with van der Waals surface area (Å²) in [6.07, 6.45) is 1.57. The molecule has 0 unspecified atom stereocenters. The van der Waals surface area contributed by atoms with Crippen LogP contribution in [0.25, 0.3) is 0 Å². The van der Waals surface area contributed by atoms with Crippen LogP contribution in [0.4, 0.5) is 0 Å². The number of furan rings is 1. The summed E-state index contributed by atoms with van der Waals surface area (Å²) in [5, 5.41) is 8.72. The van der Waals surface area contributed by atoms with Crippen molar-refractivity contribution in [2.45, 2.75) is 17.9 Å². The summed E-state index contributed by atoms with van der Waals surface area (Å²) < 4.78 is 7.86. The van der Waals surface area contributed by atoms with E-state index >= 15 is 0 Å². The predicted octanol–water partition coefficient (Wildman–Crippen LogP) is 1.57. The Balaban J connectivity index is 2.47. The highest BCUT2D eigenvalue weighted by molar-refractivity contribution is 7.97. The molecule has 78 valence electrons. The van der Waals surface area contributed by atoms with Crippen LogP contribution in [0.15, 0.2) is 21.6 Å². The lowest BCUT2D eigenvalue weighted by Crippen LogP contribution is -2.33. The van der Waals surface area contributed by atoms with E-state index in [-0.39, 0.29) is 5.75 Å². The first-order valence-electron chi connectivity index (χ1n) is 3.95. The van der Waals surface area contributed by atoms with Gasteiger partial charge in [-0.05, 0) is 24.9 Å². The van der Waals surface area contributed by atoms with Crippen LogP contribution in [0.1, 0.15) is 5.76 Å². The minimum absolute atomic E-state index is 0.249. The van der Waals surface area contributed by atoms with Crippen LogP contribution in [-0.4, -0.2) is 22.9 Å². The van der Waals surface area contributed by atoms with Crippen molar-refractivity contribution in [3.63, 3.8) is 0 Å². The van der Waals surface area contributed by atoms with Gasteiger partial charge in [0, 0.05) is 5.75 Å². The molecule has 1 heterocycles. The van der Waals surface area contributed by atoms with Gasteiger partial charge in [0.25, 0.3) is 0 Å². The van der Waals surface area contributed by atoms with Gasteiger partial charge < -0.3 is 9.52 Å². The Labute approximate surface area is 91.6 Å². The van der Waals surface area contributed by atoms with Gasteiger partial charge >= 0.3 is 5.97 Å². The molecule has 0 spiro atoms. The average molecular weight is 233 g/mol. The van der Waals surface area contributed by atoms with Crippen LogP contribution in [0.5, 0.6) is 0 Å². The molecular weight excluding hydrogens is 222 g/mol. The topological polar surface area (TPSA) is 62.5 Å². The Morgan fingerprint density at radius 1 is 1.86 bits per heavy atom. The van der Waals surface area contributed by atoms with Gasteiger partial charge in [0.1, 0.15) is 11.8 Å². The summed E-state index contributed by atoms with van der Waals surface area (Å²) in [7, 11) is 0. The lowest BCUT2D eigenvalue weighted by Gasteiger charge is -2.09. The van der Waals surface area contributed by atoms with Gasteiger partial charge in [0.2, 0.25) is 0 Å². The fourth-order valence-electron chi connectivity index (χ4n) is 0.780. The molecule has 1 aromatic rings. The number of hydrogen-bond donors (Lipinski definition) is 3. The molecule has 1 rings (SSSR count). The third kappa shape index (κ3) is 2.97. The van der Waals surface area contributed by atoms with Crippen molar-refractivity contribution in [1.82, 2.24) is 4.72 Å². The monoisotopic (exact) mass is 233 g/mol. The van der Waals surface area contributed by atoms with E-state index in [1.54, 1.807) is 12.3 Å². The third-order valence-electron chi connectivity index (χ3n) is 1.60. The molecule has 0 saturated heterocycles. The molecule has 0 radical (unpaired) electrons. The number of hydrogen-bond acceptors (Lipinski definition) is 5. The van der Waals surface area contributed by atoms with E-state index in [9.17, 15) is 4.79 Å². The minimum atomic E-state index is -0.909. The molecule has 0 amide bonds. The molecule has 4 nitrogen and oxygen atoms in total. The summed E-state index contributed by atoms with van der Waals surface area (Å²) in [6, 6.07) is 1.13. The zero-order valence-electron chi connectivity index (χ0n) is 7.56. The van der Waals surface area contributed by atoms with Gasteiger partial charge in [-0.1, -0.05) is 0 Å². The van der Waals surface area contributed by atoms with Gasteiger partial charge in [0.15, 0.2) is 0 Å². The Morgan fingerprint density at radius 2 is 2.57 bits per heavy atom. The second-order valence-electron chi connectivity index (χ2n) is 2.63. The molecule has 0 saturated carbocycles. The Bertz CT molecular complexity index is 313. The molecular formula is C8H11NO3S2. The molecule has 0 aromatic carbocycles. The van der Waals surface area contributed by atoms with E-state index < -0.39 is 12.0 Å². The molecule has 0 aliphatic heterocycles. The SMILES string of the molecule is Cc1occc1SN[C@@H](CS)C(=O)O. The van der Waals surface area contributed by atoms with Gasteiger partial charge in [-0.3, -0.25) is 4.79 Å². The highest BCUT2D eigenvalue weighted by atomic mass is 32.2. The number of aliphatic carboxylic acids is 1. The lowest BCUT2D eigenvalue weighted by atomic mass is 10.4. The van der Waals surface area contributed by atoms with E-state index in [1.807, 2.05) is 6.92 Å². The van der Waals surface area contributed by atoms with E-state index in [1.165, 1.54) is 11.9 Å². The first kappa shape index (κ1) is 11.5. The predicted molar refractivity (Wildman–Crippen MR) is 57.7 cm³/mol. The van der Waals surface area contributed by atoms with Crippen LogP contribution in [0.3, 0.4) is 0 Å². The van der Waals surface area contributed by atoms with Crippen LogP contribution < -0.4 is 4.72 Å². The van der Waals surface area contributed by atoms with E-state index in [0.717, 1.165) is 10.7 Å². The van der Waals surface area contributed by atoms with Gasteiger partial charge in [-0.25, -0.2) is 4.72 Å². The second-order valence-corrected chi connectivity index (χ2v) is 3.88. The summed E-state index contributed by atoms with van der Waals surface area (Å²) >= 11 is 5.17. The summed E-state index contributed by atoms with van der Waals surface area (Å²) in [4.78, 5) is 11.5. The number of aryl methyl sites for hydroxylation is 1. The van der Waals surface area contributed by atoms with Crippen molar-refractivity contribution in [3.8, 4) is 0 Å². The molecule has 1 aromatic heterocycles. The average Bonchev–Trinajstić information content (AvgIpc) is 2.52. The molecule has 0 aliphatic rings. The van der Waals surface area contributed by atoms with E-state index in [2.05, 4.69) is 17.4 Å². The Morgan fingerprint density at radius 3 is 3.00 bits per heavy atom. The fraction of sp³-hybridized carbons (Fsp3) is 0.375. The summed E-state index contributed by atoms with van der Waals surface area (Å²) in [5.74, 6) is 0.110. The molecule has 0 bridgehead atoms. The number of carboxylic acids is 1. The maximum absolute atomic E-state index is 10.6. The smallest absolute Gasteiger partial charge is 0.322 e. The number of nitrogens with one attached hydrogen (secondary N) is 1. The van der Waals surface area contributed by atoms with Crippen molar-refractivity contribution < 1.29 is 14.3 Å². The van der Waals surface area contributed by atoms with Gasteiger partial charge in [0.05, 0.1) is 11.2 Å². The van der Waals surface area contributed by atoms with Crippen LogP contribution in [0, 0.1) is 6.92 Å². The van der Waals surface area contributed by atoms with Crippen molar-refractivity contribution in [2.24, 2.45) is 0 Å². The van der Waals surface area contributed by atoms with Crippen LogP contribution >= 0.6 is 24.6 Å². The highest BCUT2D eigenvalue weighted by Crippen LogP contribution is 2.20. The van der Waals surface area contributed by atoms with Crippen molar-refractivity contribution >= 4 is 30.5 Å². The number of thiol groups is 1. The first-order chi connectivity index (χ1) is 6.65. The quantitative estimate of drug-likeness (QED) is 0.532. The van der Waals surface area contributed by atoms with Gasteiger partial charge in [-0.15, -0.1) is 0 Å². The normalized spacial score (nSPS) is 12.7. The molecule has 1 atom stereocenters. The first-order valence-corrected chi connectivity index (χ1v) is 5.40. The summed E-state index contributed by atoms with van der Waals surface area (Å²) in [5.41, 5.74) is 0. The maximum atomic E-state index is 10.6. The van der Waals surface area contributed by atoms with Crippen molar-refractivity contribution in [2.75, 3.05) is 5.75 Å². The standard InChI is InChI=1S/C8H11NO3S2/c1-5-7(2-3-12-5)14-9-6(4-13)8(10)11/h2-3,6,9,13H,4H2,1H3,(H,10,11)/t6-/m0/s1. The zero-order valence-corrected chi connectivity index (χ0v) is 9.27. The molecule has 0 aliphatic carbocycles. The third-order valence-corrected chi connectivity index (χ3v) is 3.01. The molecule has 2 N–H and O–H groups in total. The maximum Gasteiger partial charge on any atom is 0.322 e. The number of rotatable bonds is 5. The lowest BCUT2D eigenvalue weighted by molar-refractivity contribution is -0.138. The molecule has 6 heteroatoms. The molecule has 0 fully saturated rings. The minimum Gasteiger partial charge on any atom is -0.480 e. The van der Waals surface area contributed by atoms with E-state index in [0.29, 0.717) is 0 Å². The van der Waals surface area contributed by atoms with Gasteiger partial charge in [-0.2, -0.15) is 12.6 Å². The van der Waals surface area contributed by atoms with Crippen molar-refractivity contribution in [3.05, 3.63) is 18.1 Å². The van der Waals surface area contributed by atoms with Crippen LogP contribution in [0.2, 0.25) is 0 Å². The Kier molecular flexibility index (Phi) is 4.37. The van der Waals surface area contributed by atoms with E-state index in [4.69, 9.17) is 9.52 Å². The Hall–Kier alpha value is -0.590.